The molecule has 1 nitrogen and oxygen atoms in total. The Morgan fingerprint density at radius 1 is 1.33 bits per heavy atom. The van der Waals surface area contributed by atoms with Gasteiger partial charge in [0.15, 0.2) is 0 Å². The zero-order valence-electron chi connectivity index (χ0n) is 11.1. The summed E-state index contributed by atoms with van der Waals surface area (Å²) in [7, 11) is 0. The van der Waals surface area contributed by atoms with Crippen molar-refractivity contribution in [1.29, 1.82) is 0 Å². The topological polar surface area (TPSA) is 12.4 Å². The summed E-state index contributed by atoms with van der Waals surface area (Å²) < 4.78 is -0.236. The van der Waals surface area contributed by atoms with Gasteiger partial charge in [-0.25, -0.2) is 0 Å². The second kappa shape index (κ2) is 4.78. The SMILES string of the molecule is C=CC(C)C1(S)SC(c2ccccc2)=NC1(C)C. The van der Waals surface area contributed by atoms with Crippen molar-refractivity contribution in [2.45, 2.75) is 30.4 Å². The molecule has 1 heterocycles. The third-order valence-corrected chi connectivity index (χ3v) is 6.43. The van der Waals surface area contributed by atoms with Crippen LogP contribution in [0.1, 0.15) is 26.3 Å². The molecule has 0 saturated heterocycles. The molecule has 1 aliphatic rings. The van der Waals surface area contributed by atoms with Crippen LogP contribution in [-0.2, 0) is 0 Å². The van der Waals surface area contributed by atoms with Crippen LogP contribution in [0.2, 0.25) is 0 Å². The van der Waals surface area contributed by atoms with Gasteiger partial charge in [-0.2, -0.15) is 12.6 Å². The average Bonchev–Trinajstić information content (AvgIpc) is 2.61. The molecule has 2 unspecified atom stereocenters. The maximum Gasteiger partial charge on any atom is 0.0999 e. The van der Waals surface area contributed by atoms with E-state index >= 15 is 0 Å². The van der Waals surface area contributed by atoms with Gasteiger partial charge >= 0.3 is 0 Å². The molecule has 3 heteroatoms. The summed E-state index contributed by atoms with van der Waals surface area (Å²) in [4.78, 5) is 4.87. The number of hydrogen-bond donors (Lipinski definition) is 1. The number of thioether (sulfide) groups is 1. The molecular weight excluding hydrogens is 258 g/mol. The van der Waals surface area contributed by atoms with Crippen molar-refractivity contribution in [2.75, 3.05) is 0 Å². The maximum absolute atomic E-state index is 4.92. The van der Waals surface area contributed by atoms with E-state index in [1.54, 1.807) is 11.8 Å². The first-order valence-corrected chi connectivity index (χ1v) is 7.36. The highest BCUT2D eigenvalue weighted by Crippen LogP contribution is 2.54. The van der Waals surface area contributed by atoms with Gasteiger partial charge in [-0.15, -0.1) is 6.58 Å². The van der Waals surface area contributed by atoms with Crippen LogP contribution < -0.4 is 0 Å². The van der Waals surface area contributed by atoms with Gasteiger partial charge in [0, 0.05) is 11.5 Å². The summed E-state index contributed by atoms with van der Waals surface area (Å²) in [5.74, 6) is 0.283. The minimum absolute atomic E-state index is 0.209. The Morgan fingerprint density at radius 3 is 2.50 bits per heavy atom. The number of thiol groups is 1. The lowest BCUT2D eigenvalue weighted by Gasteiger charge is -2.38. The van der Waals surface area contributed by atoms with E-state index in [0.717, 1.165) is 5.04 Å². The van der Waals surface area contributed by atoms with Crippen molar-refractivity contribution in [3.63, 3.8) is 0 Å². The van der Waals surface area contributed by atoms with Gasteiger partial charge in [-0.1, -0.05) is 55.1 Å². The number of benzene rings is 1. The Bertz CT molecular complexity index is 479. The van der Waals surface area contributed by atoms with Crippen LogP contribution in [0.4, 0.5) is 0 Å². The number of aliphatic imine (C=N–C) groups is 1. The maximum atomic E-state index is 4.92. The van der Waals surface area contributed by atoms with Crippen molar-refractivity contribution in [3.8, 4) is 0 Å². The molecule has 0 radical (unpaired) electrons. The van der Waals surface area contributed by atoms with Crippen LogP contribution in [0.25, 0.3) is 0 Å². The zero-order chi connectivity index (χ0) is 13.4. The van der Waals surface area contributed by atoms with Gasteiger partial charge < -0.3 is 0 Å². The second-order valence-electron chi connectivity index (χ2n) is 5.16. The minimum Gasteiger partial charge on any atom is -0.269 e. The van der Waals surface area contributed by atoms with Crippen LogP contribution >= 0.6 is 24.4 Å². The van der Waals surface area contributed by atoms with E-state index in [1.807, 2.05) is 24.3 Å². The van der Waals surface area contributed by atoms with Crippen molar-refractivity contribution in [1.82, 2.24) is 0 Å². The third kappa shape index (κ3) is 2.14. The number of allylic oxidation sites excluding steroid dienone is 1. The van der Waals surface area contributed by atoms with Crippen LogP contribution in [0.15, 0.2) is 48.0 Å². The van der Waals surface area contributed by atoms with E-state index in [1.165, 1.54) is 5.56 Å². The highest BCUT2D eigenvalue weighted by Gasteiger charge is 2.51. The number of nitrogens with zero attached hydrogens (tertiary/aromatic N) is 1. The highest BCUT2D eigenvalue weighted by atomic mass is 32.2. The molecule has 0 N–H and O–H groups in total. The molecule has 0 saturated carbocycles. The van der Waals surface area contributed by atoms with Gasteiger partial charge in [-0.05, 0) is 13.8 Å². The predicted octanol–water partition coefficient (Wildman–Crippen LogP) is 4.41. The molecule has 96 valence electrons. The average molecular weight is 277 g/mol. The first kappa shape index (κ1) is 13.8. The molecule has 2 rings (SSSR count). The van der Waals surface area contributed by atoms with Gasteiger partial charge in [0.05, 0.1) is 14.7 Å². The van der Waals surface area contributed by atoms with Crippen LogP contribution in [0, 0.1) is 5.92 Å². The zero-order valence-corrected chi connectivity index (χ0v) is 12.8. The van der Waals surface area contributed by atoms with E-state index in [4.69, 9.17) is 17.6 Å². The van der Waals surface area contributed by atoms with E-state index in [0.29, 0.717) is 0 Å². The summed E-state index contributed by atoms with van der Waals surface area (Å²) in [5, 5.41) is 1.07. The van der Waals surface area contributed by atoms with E-state index in [-0.39, 0.29) is 15.5 Å². The molecule has 0 fully saturated rings. The molecule has 1 aromatic carbocycles. The number of hydrogen-bond acceptors (Lipinski definition) is 3. The molecule has 0 amide bonds. The molecule has 18 heavy (non-hydrogen) atoms. The van der Waals surface area contributed by atoms with Crippen molar-refractivity contribution in [3.05, 3.63) is 48.6 Å². The summed E-state index contributed by atoms with van der Waals surface area (Å²) in [5.41, 5.74) is 0.960. The van der Waals surface area contributed by atoms with Crippen molar-refractivity contribution in [2.24, 2.45) is 10.9 Å². The van der Waals surface area contributed by atoms with Crippen LogP contribution in [0.5, 0.6) is 0 Å². The van der Waals surface area contributed by atoms with Gasteiger partial charge in [0.25, 0.3) is 0 Å². The molecule has 0 aliphatic carbocycles. The predicted molar refractivity (Wildman–Crippen MR) is 85.7 cm³/mol. The van der Waals surface area contributed by atoms with Gasteiger partial charge in [0.2, 0.25) is 0 Å². The normalized spacial score (nSPS) is 27.7. The van der Waals surface area contributed by atoms with E-state index in [9.17, 15) is 0 Å². The Morgan fingerprint density at radius 2 is 1.94 bits per heavy atom. The molecule has 1 aromatic rings. The van der Waals surface area contributed by atoms with E-state index in [2.05, 4.69) is 39.5 Å². The van der Waals surface area contributed by atoms with E-state index < -0.39 is 0 Å². The Kier molecular flexibility index (Phi) is 3.65. The fourth-order valence-corrected chi connectivity index (χ4v) is 3.96. The number of rotatable bonds is 3. The smallest absolute Gasteiger partial charge is 0.0999 e. The highest BCUT2D eigenvalue weighted by molar-refractivity contribution is 8.23. The van der Waals surface area contributed by atoms with Crippen LogP contribution in [-0.4, -0.2) is 14.7 Å². The van der Waals surface area contributed by atoms with Gasteiger partial charge in [-0.3, -0.25) is 4.99 Å². The lowest BCUT2D eigenvalue weighted by atomic mass is 9.90. The first-order valence-electron chi connectivity index (χ1n) is 6.10. The van der Waals surface area contributed by atoms with Gasteiger partial charge in [0.1, 0.15) is 0 Å². The summed E-state index contributed by atoms with van der Waals surface area (Å²) in [6, 6.07) is 10.3. The van der Waals surface area contributed by atoms with Crippen molar-refractivity contribution >= 4 is 29.4 Å². The third-order valence-electron chi connectivity index (χ3n) is 3.50. The largest absolute Gasteiger partial charge is 0.269 e. The molecule has 1 aliphatic heterocycles. The lowest BCUT2D eigenvalue weighted by Crippen LogP contribution is -2.42. The van der Waals surface area contributed by atoms with Crippen LogP contribution in [0.3, 0.4) is 0 Å². The second-order valence-corrected chi connectivity index (χ2v) is 7.41. The molecular formula is C15H19NS2. The van der Waals surface area contributed by atoms with Crippen molar-refractivity contribution < 1.29 is 0 Å². The minimum atomic E-state index is -0.236. The molecule has 0 bridgehead atoms. The standard InChI is InChI=1S/C15H19NS2/c1-5-11(2)15(17)14(3,4)16-13(18-15)12-9-7-6-8-10-12/h5-11,17H,1H2,2-4H3. The quantitative estimate of drug-likeness (QED) is 0.638. The molecule has 0 spiro atoms. The Labute approximate surface area is 119 Å². The first-order chi connectivity index (χ1) is 8.40. The Hall–Kier alpha value is -0.670. The summed E-state index contributed by atoms with van der Waals surface area (Å²) >= 11 is 6.67. The summed E-state index contributed by atoms with van der Waals surface area (Å²) in [6.07, 6.45) is 1.96. The molecule has 2 atom stereocenters. The fraction of sp³-hybridized carbons (Fsp3) is 0.400. The summed E-state index contributed by atoms with van der Waals surface area (Å²) in [6.45, 7) is 10.3. The fourth-order valence-electron chi connectivity index (χ4n) is 2.14. The lowest BCUT2D eigenvalue weighted by molar-refractivity contribution is 0.422. The monoisotopic (exact) mass is 277 g/mol. The Balaban J connectivity index is 2.38. The molecule has 0 aromatic heterocycles.